The van der Waals surface area contributed by atoms with Gasteiger partial charge in [0, 0.05) is 0 Å². The number of carboxylic acids is 1. The van der Waals surface area contributed by atoms with Gasteiger partial charge in [-0.3, -0.25) is 9.59 Å². The summed E-state index contributed by atoms with van der Waals surface area (Å²) in [7, 11) is 0. The van der Waals surface area contributed by atoms with Gasteiger partial charge >= 0.3 is 11.9 Å². The first-order chi connectivity index (χ1) is 34.4. The Bertz CT molecular complexity index is 1700. The van der Waals surface area contributed by atoms with Crippen molar-refractivity contribution in [2.45, 2.75) is 345 Å². The van der Waals surface area contributed by atoms with Gasteiger partial charge in [0.15, 0.2) is 0 Å². The molecule has 0 heterocycles. The molecule has 0 spiro atoms. The fourth-order valence-corrected chi connectivity index (χ4v) is 10.4. The third-order valence-corrected chi connectivity index (χ3v) is 15.9. The van der Waals surface area contributed by atoms with Gasteiger partial charge in [-0.05, 0) is 270 Å². The minimum Gasteiger partial charge on any atom is -0.481 e. The summed E-state index contributed by atoms with van der Waals surface area (Å²) >= 11 is 0. The van der Waals surface area contributed by atoms with E-state index in [1.165, 1.54) is 19.4 Å². The second kappa shape index (κ2) is 33.0. The predicted octanol–water partition coefficient (Wildman–Crippen LogP) is 10.1. The van der Waals surface area contributed by atoms with Crippen LogP contribution in [0.15, 0.2) is 23.3 Å². The number of carbonyl (C=O) groups is 2. The summed E-state index contributed by atoms with van der Waals surface area (Å²) in [6, 6.07) is 0. The molecule has 0 radical (unpaired) electrons. The summed E-state index contributed by atoms with van der Waals surface area (Å²) in [5.41, 5.74) is -8.29. The number of esters is 1. The zero-order valence-corrected chi connectivity index (χ0v) is 50.2. The monoisotopic (exact) mass is 1090 g/mol. The first-order valence-corrected chi connectivity index (χ1v) is 29.0. The van der Waals surface area contributed by atoms with E-state index in [1.54, 1.807) is 27.7 Å². The molecule has 0 aliphatic carbocycles. The number of carboxylic acid groups (broad SMARTS) is 1. The lowest BCUT2D eigenvalue weighted by Crippen LogP contribution is -2.43. The molecule has 0 aromatic carbocycles. The van der Waals surface area contributed by atoms with Crippen molar-refractivity contribution in [1.29, 1.82) is 0 Å². The SMILES string of the molecule is CC(C)=CCCC(C)(O)CCCC(C)(O)CCCC(C)(O)CCCC(C)(O)CCCC(C)(O)CCCC(C)(O)CCCC(C)(O)CCCC(C)(O)CCC/C(C)=C/CCC(C)(O)[C@H](O)COC(=O)CC(C)(O)CC(=O)O. The van der Waals surface area contributed by atoms with Gasteiger partial charge in [-0.25, -0.2) is 0 Å². The second-order valence-corrected chi connectivity index (χ2v) is 27.0. The van der Waals surface area contributed by atoms with Crippen LogP contribution in [0.25, 0.3) is 0 Å². The molecular weight excluding hydrogens is 973 g/mol. The van der Waals surface area contributed by atoms with Gasteiger partial charge < -0.3 is 66.0 Å². The summed E-state index contributed by atoms with van der Waals surface area (Å²) < 4.78 is 4.98. The molecule has 0 aliphatic heterocycles. The molecule has 15 nitrogen and oxygen atoms in total. The number of aliphatic carboxylic acids is 1. The number of aliphatic hydroxyl groups excluding tert-OH is 1. The molecule has 15 heteroatoms. The largest absolute Gasteiger partial charge is 0.481 e. The van der Waals surface area contributed by atoms with Gasteiger partial charge in [0.05, 0.1) is 68.9 Å². The van der Waals surface area contributed by atoms with Gasteiger partial charge in [0.1, 0.15) is 12.7 Å². The molecule has 0 aliphatic rings. The maximum absolute atomic E-state index is 12.1. The van der Waals surface area contributed by atoms with Crippen LogP contribution in [-0.4, -0.2) is 142 Å². The van der Waals surface area contributed by atoms with Crippen LogP contribution in [0.5, 0.6) is 0 Å². The van der Waals surface area contributed by atoms with E-state index < -0.39 is 93.5 Å². The van der Waals surface area contributed by atoms with Crippen LogP contribution in [0.2, 0.25) is 0 Å². The number of ether oxygens (including phenoxy) is 1. The number of hydrogen-bond acceptors (Lipinski definition) is 14. The number of aliphatic hydroxyl groups is 11. The Labute approximate surface area is 460 Å². The lowest BCUT2D eigenvalue weighted by Gasteiger charge is -2.31. The summed E-state index contributed by atoms with van der Waals surface area (Å²) in [5.74, 6) is -2.15. The van der Waals surface area contributed by atoms with E-state index in [0.29, 0.717) is 148 Å². The summed E-state index contributed by atoms with van der Waals surface area (Å²) in [5, 5.41) is 129. The highest BCUT2D eigenvalue weighted by Crippen LogP contribution is 2.34. The Morgan fingerprint density at radius 2 is 0.671 bits per heavy atom. The highest BCUT2D eigenvalue weighted by atomic mass is 16.5. The molecule has 0 aromatic rings. The molecule has 0 saturated carbocycles. The van der Waals surface area contributed by atoms with Crippen molar-refractivity contribution in [3.63, 3.8) is 0 Å². The second-order valence-electron chi connectivity index (χ2n) is 27.0. The van der Waals surface area contributed by atoms with Crippen molar-refractivity contribution in [3.8, 4) is 0 Å². The van der Waals surface area contributed by atoms with Crippen LogP contribution in [0.1, 0.15) is 283 Å². The van der Waals surface area contributed by atoms with E-state index >= 15 is 0 Å². The van der Waals surface area contributed by atoms with Gasteiger partial charge in [0.25, 0.3) is 0 Å². The fraction of sp³-hybridized carbons (Fsp3) is 0.902. The van der Waals surface area contributed by atoms with Crippen molar-refractivity contribution in [1.82, 2.24) is 0 Å². The molecule has 76 heavy (non-hydrogen) atoms. The first-order valence-electron chi connectivity index (χ1n) is 29.0. The molecular formula is C61H116O15. The lowest BCUT2D eigenvalue weighted by atomic mass is 9.83. The Morgan fingerprint density at radius 1 is 0.395 bits per heavy atom. The first kappa shape index (κ1) is 74.0. The zero-order valence-electron chi connectivity index (χ0n) is 50.2. The smallest absolute Gasteiger partial charge is 0.308 e. The topological polar surface area (TPSA) is 286 Å². The number of hydrogen-bond donors (Lipinski definition) is 12. The Hall–Kier alpha value is -2.02. The van der Waals surface area contributed by atoms with Crippen molar-refractivity contribution in [2.75, 3.05) is 6.61 Å². The predicted molar refractivity (Wildman–Crippen MR) is 303 cm³/mol. The molecule has 0 saturated heterocycles. The van der Waals surface area contributed by atoms with E-state index in [9.17, 15) is 65.8 Å². The van der Waals surface area contributed by atoms with Gasteiger partial charge in [-0.15, -0.1) is 0 Å². The molecule has 0 amide bonds. The van der Waals surface area contributed by atoms with Crippen LogP contribution < -0.4 is 0 Å². The molecule has 12 N–H and O–H groups in total. The molecule has 10 unspecified atom stereocenters. The third-order valence-electron chi connectivity index (χ3n) is 15.9. The highest BCUT2D eigenvalue weighted by molar-refractivity contribution is 5.73. The fourth-order valence-electron chi connectivity index (χ4n) is 10.4. The number of allylic oxidation sites excluding steroid dienone is 4. The molecule has 0 fully saturated rings. The molecule has 0 aromatic heterocycles. The normalized spacial score (nSPS) is 20.9. The summed E-state index contributed by atoms with van der Waals surface area (Å²) in [6.07, 6.45) is 17.7. The van der Waals surface area contributed by atoms with Crippen LogP contribution in [0.3, 0.4) is 0 Å². The van der Waals surface area contributed by atoms with E-state index in [4.69, 9.17) is 9.84 Å². The maximum Gasteiger partial charge on any atom is 0.308 e. The van der Waals surface area contributed by atoms with Crippen molar-refractivity contribution >= 4 is 11.9 Å². The van der Waals surface area contributed by atoms with E-state index in [2.05, 4.69) is 19.9 Å². The van der Waals surface area contributed by atoms with Crippen LogP contribution >= 0.6 is 0 Å². The van der Waals surface area contributed by atoms with Gasteiger partial charge in [-0.2, -0.15) is 0 Å². The third kappa shape index (κ3) is 39.4. The molecule has 0 bridgehead atoms. The van der Waals surface area contributed by atoms with Crippen molar-refractivity contribution in [2.24, 2.45) is 0 Å². The average molecular weight is 1090 g/mol. The number of rotatable bonds is 45. The molecule has 0 rings (SSSR count). The van der Waals surface area contributed by atoms with Crippen LogP contribution in [-0.2, 0) is 14.3 Å². The van der Waals surface area contributed by atoms with E-state index in [0.717, 1.165) is 31.3 Å². The standard InChI is InChI=1S/C61H116O15/c1-47(2)24-14-27-52(4,66)29-17-31-54(6,68)33-19-35-56(8,70)37-21-39-58(10,72)41-23-42-59(11,73)40-22-38-57(9,71)36-20-34-55(7,69)32-18-30-53(5,67)28-15-25-48(3)26-16-43-61(13,75)49(62)46-76-51(65)45-60(12,74)44-50(63)64/h24,26,49,62,66-75H,14-23,25,27-46H2,1-13H3,(H,63,64)/b48-26+/t49-,52?,53?,54?,55?,56?,57?,58?,59?,60?,61?/m1/s1. The van der Waals surface area contributed by atoms with Crippen LogP contribution in [0.4, 0.5) is 0 Å². The van der Waals surface area contributed by atoms with E-state index in [-0.39, 0.29) is 6.42 Å². The Kier molecular flexibility index (Phi) is 32.2. The van der Waals surface area contributed by atoms with Crippen molar-refractivity contribution in [3.05, 3.63) is 23.3 Å². The minimum atomic E-state index is -1.80. The van der Waals surface area contributed by atoms with E-state index in [1.807, 2.05) is 40.7 Å². The Balaban J connectivity index is 4.51. The maximum atomic E-state index is 12.1. The minimum absolute atomic E-state index is 0.184. The molecule has 450 valence electrons. The lowest BCUT2D eigenvalue weighted by molar-refractivity contribution is -0.159. The van der Waals surface area contributed by atoms with Crippen LogP contribution in [0, 0.1) is 0 Å². The zero-order chi connectivity index (χ0) is 58.9. The summed E-state index contributed by atoms with van der Waals surface area (Å²) in [6.45, 7) is 22.7. The highest BCUT2D eigenvalue weighted by Gasteiger charge is 2.34. The Morgan fingerprint density at radius 3 is 0.961 bits per heavy atom. The quantitative estimate of drug-likeness (QED) is 0.0200. The number of carbonyl (C=O) groups excluding carboxylic acids is 1. The van der Waals surface area contributed by atoms with Gasteiger partial charge in [-0.1, -0.05) is 23.3 Å². The molecule has 11 atom stereocenters. The van der Waals surface area contributed by atoms with Gasteiger partial charge in [0.2, 0.25) is 0 Å². The summed E-state index contributed by atoms with van der Waals surface area (Å²) in [4.78, 5) is 22.9. The van der Waals surface area contributed by atoms with Crippen molar-refractivity contribution < 1.29 is 75.6 Å². The average Bonchev–Trinajstić information content (AvgIpc) is 3.20.